The first kappa shape index (κ1) is 11.0. The quantitative estimate of drug-likeness (QED) is 0.808. The van der Waals surface area contributed by atoms with E-state index in [4.69, 9.17) is 5.11 Å². The van der Waals surface area contributed by atoms with Crippen molar-refractivity contribution in [1.29, 1.82) is 0 Å². The number of carboxylic acid groups (broad SMARTS) is 1. The number of aliphatic carboxylic acids is 1. The molecule has 7 heteroatoms. The van der Waals surface area contributed by atoms with Crippen LogP contribution in [-0.2, 0) is 4.79 Å². The summed E-state index contributed by atoms with van der Waals surface area (Å²) in [6.45, 7) is 0. The molecule has 1 fully saturated rings. The van der Waals surface area contributed by atoms with E-state index in [0.717, 1.165) is 30.8 Å². The molecule has 0 spiro atoms. The molecule has 1 aromatic rings. The van der Waals surface area contributed by atoms with Gasteiger partial charge in [-0.3, -0.25) is 9.59 Å². The van der Waals surface area contributed by atoms with Gasteiger partial charge in [0, 0.05) is 0 Å². The van der Waals surface area contributed by atoms with E-state index in [1.54, 1.807) is 0 Å². The molecule has 1 aromatic heterocycles. The van der Waals surface area contributed by atoms with E-state index in [-0.39, 0.29) is 12.3 Å². The zero-order chi connectivity index (χ0) is 11.6. The summed E-state index contributed by atoms with van der Waals surface area (Å²) in [5.74, 6) is -1.17. The van der Waals surface area contributed by atoms with Gasteiger partial charge < -0.3 is 10.4 Å². The number of hydrogen-bond donors (Lipinski definition) is 2. The summed E-state index contributed by atoms with van der Waals surface area (Å²) >= 11 is 1.00. The average Bonchev–Trinajstić information content (AvgIpc) is 2.66. The van der Waals surface area contributed by atoms with Crippen LogP contribution in [0.15, 0.2) is 6.20 Å². The molecule has 1 amide bonds. The largest absolute Gasteiger partial charge is 0.481 e. The minimum absolute atomic E-state index is 0.0228. The SMILES string of the molecule is O=C(O)CC1(NC(=O)c2cnns2)CCC1. The van der Waals surface area contributed by atoms with Crippen LogP contribution < -0.4 is 5.32 Å². The lowest BCUT2D eigenvalue weighted by Gasteiger charge is -2.41. The van der Waals surface area contributed by atoms with E-state index in [1.165, 1.54) is 6.20 Å². The monoisotopic (exact) mass is 241 g/mol. The van der Waals surface area contributed by atoms with Crippen LogP contribution >= 0.6 is 11.5 Å². The summed E-state index contributed by atoms with van der Waals surface area (Å²) in [7, 11) is 0. The smallest absolute Gasteiger partial charge is 0.305 e. The van der Waals surface area contributed by atoms with Crippen molar-refractivity contribution in [2.24, 2.45) is 0 Å². The Bertz CT molecular complexity index is 400. The van der Waals surface area contributed by atoms with Crippen LogP contribution in [0.5, 0.6) is 0 Å². The molecule has 0 aliphatic heterocycles. The zero-order valence-corrected chi connectivity index (χ0v) is 9.29. The fraction of sp³-hybridized carbons (Fsp3) is 0.556. The first-order valence-corrected chi connectivity index (χ1v) is 5.70. The lowest BCUT2D eigenvalue weighted by atomic mass is 9.74. The first-order chi connectivity index (χ1) is 7.61. The number of carbonyl (C=O) groups is 2. The average molecular weight is 241 g/mol. The number of amides is 1. The number of hydrogen-bond acceptors (Lipinski definition) is 5. The second-order valence-electron chi connectivity index (χ2n) is 3.94. The summed E-state index contributed by atoms with van der Waals surface area (Å²) in [5.41, 5.74) is -0.563. The molecule has 2 N–H and O–H groups in total. The fourth-order valence-electron chi connectivity index (χ4n) is 1.81. The van der Waals surface area contributed by atoms with Gasteiger partial charge in [-0.05, 0) is 30.8 Å². The third kappa shape index (κ3) is 2.19. The van der Waals surface area contributed by atoms with Crippen LogP contribution in [0, 0.1) is 0 Å². The van der Waals surface area contributed by atoms with Gasteiger partial charge in [0.05, 0.1) is 18.2 Å². The van der Waals surface area contributed by atoms with Crippen LogP contribution in [0.4, 0.5) is 0 Å². The lowest BCUT2D eigenvalue weighted by molar-refractivity contribution is -0.139. The topological polar surface area (TPSA) is 92.2 Å². The van der Waals surface area contributed by atoms with Crippen LogP contribution in [-0.4, -0.2) is 32.1 Å². The molecule has 6 nitrogen and oxygen atoms in total. The molecule has 1 saturated carbocycles. The maximum Gasteiger partial charge on any atom is 0.305 e. The molecule has 0 aromatic carbocycles. The second-order valence-corrected chi connectivity index (χ2v) is 4.73. The Morgan fingerprint density at radius 2 is 2.31 bits per heavy atom. The van der Waals surface area contributed by atoms with Crippen molar-refractivity contribution in [3.8, 4) is 0 Å². The highest BCUT2D eigenvalue weighted by molar-refractivity contribution is 7.07. The van der Waals surface area contributed by atoms with E-state index in [2.05, 4.69) is 14.9 Å². The highest BCUT2D eigenvalue weighted by Crippen LogP contribution is 2.35. The summed E-state index contributed by atoms with van der Waals surface area (Å²) in [4.78, 5) is 22.8. The minimum Gasteiger partial charge on any atom is -0.481 e. The van der Waals surface area contributed by atoms with Crippen molar-refractivity contribution in [3.05, 3.63) is 11.1 Å². The predicted octanol–water partition coefficient (Wildman–Crippen LogP) is 0.665. The Labute approximate surface area is 95.8 Å². The van der Waals surface area contributed by atoms with Crippen LogP contribution in [0.2, 0.25) is 0 Å². The predicted molar refractivity (Wildman–Crippen MR) is 56.2 cm³/mol. The molecule has 0 radical (unpaired) electrons. The second kappa shape index (κ2) is 4.17. The van der Waals surface area contributed by atoms with E-state index in [0.29, 0.717) is 4.88 Å². The van der Waals surface area contributed by atoms with Gasteiger partial charge in [-0.1, -0.05) is 4.49 Å². The van der Waals surface area contributed by atoms with Crippen molar-refractivity contribution < 1.29 is 14.7 Å². The third-order valence-corrected chi connectivity index (χ3v) is 3.43. The van der Waals surface area contributed by atoms with Crippen molar-refractivity contribution in [2.45, 2.75) is 31.2 Å². The molecule has 1 aliphatic carbocycles. The molecule has 16 heavy (non-hydrogen) atoms. The summed E-state index contributed by atoms with van der Waals surface area (Å²) in [5, 5.41) is 15.1. The number of aromatic nitrogens is 2. The standard InChI is InChI=1S/C9H11N3O3S/c13-7(14)4-9(2-1-3-9)11-8(15)6-5-10-12-16-6/h5H,1-4H2,(H,11,15)(H,13,14). The van der Waals surface area contributed by atoms with Gasteiger partial charge in [0.25, 0.3) is 5.91 Å². The number of carbonyl (C=O) groups excluding carboxylic acids is 1. The lowest BCUT2D eigenvalue weighted by Crippen LogP contribution is -2.54. The Morgan fingerprint density at radius 3 is 2.75 bits per heavy atom. The van der Waals surface area contributed by atoms with Gasteiger partial charge in [-0.25, -0.2) is 0 Å². The van der Waals surface area contributed by atoms with Crippen LogP contribution in [0.3, 0.4) is 0 Å². The molecule has 2 rings (SSSR count). The van der Waals surface area contributed by atoms with Crippen LogP contribution in [0.25, 0.3) is 0 Å². The number of nitrogens with zero attached hydrogens (tertiary/aromatic N) is 2. The van der Waals surface area contributed by atoms with Crippen LogP contribution in [0.1, 0.15) is 35.4 Å². The highest BCUT2D eigenvalue weighted by atomic mass is 32.1. The molecule has 0 unspecified atom stereocenters. The third-order valence-electron chi connectivity index (χ3n) is 2.76. The van der Waals surface area contributed by atoms with Crippen molar-refractivity contribution in [1.82, 2.24) is 14.9 Å². The fourth-order valence-corrected chi connectivity index (χ4v) is 2.22. The van der Waals surface area contributed by atoms with E-state index < -0.39 is 11.5 Å². The van der Waals surface area contributed by atoms with Gasteiger partial charge in [0.1, 0.15) is 4.88 Å². The molecule has 0 bridgehead atoms. The van der Waals surface area contributed by atoms with Crippen molar-refractivity contribution in [3.63, 3.8) is 0 Å². The van der Waals surface area contributed by atoms with Gasteiger partial charge in [-0.2, -0.15) is 0 Å². The molecule has 1 heterocycles. The first-order valence-electron chi connectivity index (χ1n) is 4.93. The van der Waals surface area contributed by atoms with E-state index in [1.807, 2.05) is 0 Å². The number of nitrogens with one attached hydrogen (secondary N) is 1. The Kier molecular flexibility index (Phi) is 2.86. The molecule has 1 aliphatic rings. The van der Waals surface area contributed by atoms with Gasteiger partial charge in [-0.15, -0.1) is 5.10 Å². The Morgan fingerprint density at radius 1 is 1.56 bits per heavy atom. The number of rotatable bonds is 4. The van der Waals surface area contributed by atoms with E-state index >= 15 is 0 Å². The highest BCUT2D eigenvalue weighted by Gasteiger charge is 2.40. The Balaban J connectivity index is 2.02. The number of carboxylic acids is 1. The zero-order valence-electron chi connectivity index (χ0n) is 8.47. The summed E-state index contributed by atoms with van der Waals surface area (Å²) in [6, 6.07) is 0. The summed E-state index contributed by atoms with van der Waals surface area (Å²) in [6.07, 6.45) is 3.75. The van der Waals surface area contributed by atoms with Gasteiger partial charge in [0.2, 0.25) is 0 Å². The molecule has 0 saturated heterocycles. The maximum atomic E-state index is 11.7. The van der Waals surface area contributed by atoms with E-state index in [9.17, 15) is 9.59 Å². The van der Waals surface area contributed by atoms with Gasteiger partial charge in [0.15, 0.2) is 0 Å². The van der Waals surface area contributed by atoms with Crippen molar-refractivity contribution >= 4 is 23.4 Å². The maximum absolute atomic E-state index is 11.7. The molecule has 0 atom stereocenters. The molecule has 86 valence electrons. The van der Waals surface area contributed by atoms with Gasteiger partial charge >= 0.3 is 5.97 Å². The van der Waals surface area contributed by atoms with Crippen molar-refractivity contribution in [2.75, 3.05) is 0 Å². The Hall–Kier alpha value is -1.50. The molecular formula is C9H11N3O3S. The minimum atomic E-state index is -0.887. The summed E-state index contributed by atoms with van der Waals surface area (Å²) < 4.78 is 3.59. The normalized spacial score (nSPS) is 17.5. The molecular weight excluding hydrogens is 230 g/mol.